The molecule has 0 aliphatic carbocycles. The van der Waals surface area contributed by atoms with Crippen molar-refractivity contribution in [3.63, 3.8) is 0 Å². The Morgan fingerprint density at radius 1 is 1.35 bits per heavy atom. The van der Waals surface area contributed by atoms with E-state index < -0.39 is 0 Å². The fourth-order valence-corrected chi connectivity index (χ4v) is 1.98. The quantitative estimate of drug-likeness (QED) is 0.643. The van der Waals surface area contributed by atoms with E-state index in [0.717, 1.165) is 25.1 Å². The molecule has 1 atom stereocenters. The van der Waals surface area contributed by atoms with E-state index in [2.05, 4.69) is 22.7 Å². The van der Waals surface area contributed by atoms with E-state index in [9.17, 15) is 0 Å². The van der Waals surface area contributed by atoms with E-state index in [1.165, 1.54) is 25.7 Å². The fourth-order valence-electron chi connectivity index (χ4n) is 1.98. The molecule has 1 heterocycles. The van der Waals surface area contributed by atoms with Crippen molar-refractivity contribution in [2.45, 2.75) is 58.0 Å². The van der Waals surface area contributed by atoms with Crippen molar-refractivity contribution in [3.8, 4) is 0 Å². The predicted molar refractivity (Wildman–Crippen MR) is 71.7 cm³/mol. The molecule has 1 aromatic heterocycles. The maximum absolute atomic E-state index is 6.10. The van der Waals surface area contributed by atoms with Gasteiger partial charge in [0.1, 0.15) is 0 Å². The monoisotopic (exact) mass is 238 g/mol. The Hall–Kier alpha value is -0.870. The average molecular weight is 238 g/mol. The Bertz CT molecular complexity index is 295. The molecule has 4 nitrogen and oxygen atoms in total. The lowest BCUT2D eigenvalue weighted by Crippen LogP contribution is -2.25. The van der Waals surface area contributed by atoms with E-state index in [1.54, 1.807) is 0 Å². The second-order valence-electron chi connectivity index (χ2n) is 4.71. The lowest BCUT2D eigenvalue weighted by atomic mass is 10.1. The molecule has 0 radical (unpaired) electrons. The highest BCUT2D eigenvalue weighted by atomic mass is 15.0. The number of nitrogens with two attached hydrogens (primary N) is 2. The highest BCUT2D eigenvalue weighted by Gasteiger charge is 2.04. The first kappa shape index (κ1) is 14.2. The van der Waals surface area contributed by atoms with Crippen LogP contribution in [0.2, 0.25) is 0 Å². The summed E-state index contributed by atoms with van der Waals surface area (Å²) in [5, 5.41) is 0. The molecular formula is C13H26N4. The number of imidazole rings is 1. The average Bonchev–Trinajstić information content (AvgIpc) is 2.73. The smallest absolute Gasteiger partial charge is 0.0949 e. The molecule has 98 valence electrons. The third-order valence-corrected chi connectivity index (χ3v) is 2.96. The molecule has 17 heavy (non-hydrogen) atoms. The van der Waals surface area contributed by atoms with Crippen LogP contribution < -0.4 is 11.5 Å². The SMILES string of the molecule is CCCCCCC(N)Cn1cnc(CCN)c1. The Balaban J connectivity index is 2.22. The van der Waals surface area contributed by atoms with Crippen LogP contribution in [0.1, 0.15) is 44.7 Å². The first-order chi connectivity index (χ1) is 8.26. The van der Waals surface area contributed by atoms with E-state index in [-0.39, 0.29) is 6.04 Å². The molecule has 4 heteroatoms. The van der Waals surface area contributed by atoms with Crippen LogP contribution in [0.3, 0.4) is 0 Å². The molecule has 0 fully saturated rings. The Morgan fingerprint density at radius 3 is 2.88 bits per heavy atom. The second-order valence-corrected chi connectivity index (χ2v) is 4.71. The van der Waals surface area contributed by atoms with Gasteiger partial charge < -0.3 is 16.0 Å². The minimum Gasteiger partial charge on any atom is -0.336 e. The predicted octanol–water partition coefficient (Wildman–Crippen LogP) is 1.68. The number of unbranched alkanes of at least 4 members (excludes halogenated alkanes) is 3. The van der Waals surface area contributed by atoms with Crippen LogP contribution in [0.4, 0.5) is 0 Å². The Morgan fingerprint density at radius 2 is 2.18 bits per heavy atom. The van der Waals surface area contributed by atoms with E-state index >= 15 is 0 Å². The van der Waals surface area contributed by atoms with Crippen molar-refractivity contribution in [2.24, 2.45) is 11.5 Å². The van der Waals surface area contributed by atoms with Crippen LogP contribution >= 0.6 is 0 Å². The van der Waals surface area contributed by atoms with Crippen LogP contribution in [-0.2, 0) is 13.0 Å². The van der Waals surface area contributed by atoms with Gasteiger partial charge in [-0.25, -0.2) is 4.98 Å². The molecule has 0 aliphatic heterocycles. The van der Waals surface area contributed by atoms with Gasteiger partial charge >= 0.3 is 0 Å². The highest BCUT2D eigenvalue weighted by Crippen LogP contribution is 2.06. The zero-order valence-electron chi connectivity index (χ0n) is 10.9. The van der Waals surface area contributed by atoms with Gasteiger partial charge in [-0.05, 0) is 13.0 Å². The number of aromatic nitrogens is 2. The van der Waals surface area contributed by atoms with Gasteiger partial charge in [0.2, 0.25) is 0 Å². The summed E-state index contributed by atoms with van der Waals surface area (Å²) in [4.78, 5) is 4.30. The number of rotatable bonds is 9. The molecule has 0 spiro atoms. The summed E-state index contributed by atoms with van der Waals surface area (Å²) in [5.74, 6) is 0. The van der Waals surface area contributed by atoms with E-state index in [4.69, 9.17) is 11.5 Å². The third-order valence-electron chi connectivity index (χ3n) is 2.96. The number of nitrogens with zero attached hydrogens (tertiary/aromatic N) is 2. The zero-order valence-corrected chi connectivity index (χ0v) is 10.9. The molecule has 1 unspecified atom stereocenters. The third kappa shape index (κ3) is 5.84. The van der Waals surface area contributed by atoms with Crippen molar-refractivity contribution in [3.05, 3.63) is 18.2 Å². The maximum atomic E-state index is 6.10. The first-order valence-electron chi connectivity index (χ1n) is 6.72. The largest absolute Gasteiger partial charge is 0.336 e. The van der Waals surface area contributed by atoms with Crippen LogP contribution in [0.15, 0.2) is 12.5 Å². The lowest BCUT2D eigenvalue weighted by Gasteiger charge is -2.11. The van der Waals surface area contributed by atoms with Crippen LogP contribution in [-0.4, -0.2) is 22.1 Å². The Kier molecular flexibility index (Phi) is 6.89. The second kappa shape index (κ2) is 8.25. The van der Waals surface area contributed by atoms with Gasteiger partial charge in [0, 0.05) is 25.2 Å². The van der Waals surface area contributed by atoms with Crippen molar-refractivity contribution < 1.29 is 0 Å². The molecule has 0 amide bonds. The topological polar surface area (TPSA) is 69.9 Å². The molecule has 0 aliphatic rings. The van der Waals surface area contributed by atoms with Gasteiger partial charge in [0.05, 0.1) is 12.0 Å². The Labute approximate surface area is 104 Å². The minimum atomic E-state index is 0.242. The van der Waals surface area contributed by atoms with Crippen molar-refractivity contribution >= 4 is 0 Å². The van der Waals surface area contributed by atoms with Gasteiger partial charge in [-0.3, -0.25) is 0 Å². The summed E-state index contributed by atoms with van der Waals surface area (Å²) in [6.45, 7) is 3.74. The van der Waals surface area contributed by atoms with E-state index in [0.29, 0.717) is 6.54 Å². The maximum Gasteiger partial charge on any atom is 0.0949 e. The van der Waals surface area contributed by atoms with Gasteiger partial charge in [-0.1, -0.05) is 32.6 Å². The molecule has 1 rings (SSSR count). The minimum absolute atomic E-state index is 0.242. The molecule has 4 N–H and O–H groups in total. The highest BCUT2D eigenvalue weighted by molar-refractivity contribution is 4.97. The molecule has 1 aromatic rings. The summed E-state index contributed by atoms with van der Waals surface area (Å²) in [6.07, 6.45) is 11.0. The molecule has 0 aromatic carbocycles. The van der Waals surface area contributed by atoms with Gasteiger partial charge in [-0.15, -0.1) is 0 Å². The van der Waals surface area contributed by atoms with E-state index in [1.807, 2.05) is 6.33 Å². The summed E-state index contributed by atoms with van der Waals surface area (Å²) >= 11 is 0. The van der Waals surface area contributed by atoms with Crippen LogP contribution in [0.25, 0.3) is 0 Å². The molecule has 0 bridgehead atoms. The summed E-state index contributed by atoms with van der Waals surface area (Å²) in [6, 6.07) is 0.242. The molecule has 0 saturated heterocycles. The lowest BCUT2D eigenvalue weighted by molar-refractivity contribution is 0.488. The van der Waals surface area contributed by atoms with Crippen molar-refractivity contribution in [2.75, 3.05) is 6.54 Å². The van der Waals surface area contributed by atoms with Gasteiger partial charge in [0.15, 0.2) is 0 Å². The number of hydrogen-bond acceptors (Lipinski definition) is 3. The standard InChI is InChI=1S/C13H26N4/c1-2-3-4-5-6-12(15)9-17-10-13(7-8-14)16-11-17/h10-12H,2-9,14-15H2,1H3. The van der Waals surface area contributed by atoms with Gasteiger partial charge in [-0.2, -0.15) is 0 Å². The normalized spacial score (nSPS) is 12.9. The van der Waals surface area contributed by atoms with Crippen molar-refractivity contribution in [1.82, 2.24) is 9.55 Å². The fraction of sp³-hybridized carbons (Fsp3) is 0.769. The first-order valence-corrected chi connectivity index (χ1v) is 6.72. The molecule has 0 saturated carbocycles. The van der Waals surface area contributed by atoms with Gasteiger partial charge in [0.25, 0.3) is 0 Å². The van der Waals surface area contributed by atoms with Crippen LogP contribution in [0.5, 0.6) is 0 Å². The van der Waals surface area contributed by atoms with Crippen LogP contribution in [0, 0.1) is 0 Å². The summed E-state index contributed by atoms with van der Waals surface area (Å²) in [7, 11) is 0. The zero-order chi connectivity index (χ0) is 12.5. The van der Waals surface area contributed by atoms with Crippen molar-refractivity contribution in [1.29, 1.82) is 0 Å². The summed E-state index contributed by atoms with van der Waals surface area (Å²) < 4.78 is 2.08. The molecular weight excluding hydrogens is 212 g/mol. The number of hydrogen-bond donors (Lipinski definition) is 2. The summed E-state index contributed by atoms with van der Waals surface area (Å²) in [5.41, 5.74) is 12.6.